The quantitative estimate of drug-likeness (QED) is 0.753. The van der Waals surface area contributed by atoms with Crippen molar-refractivity contribution >= 4 is 27.2 Å². The first-order valence-electron chi connectivity index (χ1n) is 4.09. The van der Waals surface area contributed by atoms with Crippen LogP contribution in [0.2, 0.25) is 0 Å². The van der Waals surface area contributed by atoms with Crippen molar-refractivity contribution in [2.75, 3.05) is 11.9 Å². The number of hydrogen-bond acceptors (Lipinski definition) is 3. The lowest BCUT2D eigenvalue weighted by molar-refractivity contribution is 1.36. The molecule has 0 aliphatic heterocycles. The van der Waals surface area contributed by atoms with E-state index in [1.165, 1.54) is 5.39 Å². The van der Waals surface area contributed by atoms with Gasteiger partial charge < -0.3 is 5.32 Å². The fourth-order valence-corrected chi connectivity index (χ4v) is 2.05. The lowest BCUT2D eigenvalue weighted by Gasteiger charge is -1.99. The molecule has 0 fully saturated rings. The summed E-state index contributed by atoms with van der Waals surface area (Å²) in [6, 6.07) is 4.03. The number of fused-ring (bicyclic) bond motifs is 1. The second-order valence-corrected chi connectivity index (χ2v) is 3.53. The molecular formula is C10H10N2S. The van der Waals surface area contributed by atoms with Crippen molar-refractivity contribution in [3.05, 3.63) is 36.4 Å². The van der Waals surface area contributed by atoms with E-state index in [-0.39, 0.29) is 0 Å². The minimum absolute atomic E-state index is 0.792. The van der Waals surface area contributed by atoms with E-state index in [1.54, 1.807) is 11.3 Å². The van der Waals surface area contributed by atoms with Gasteiger partial charge >= 0.3 is 0 Å². The van der Waals surface area contributed by atoms with Crippen LogP contribution in [-0.4, -0.2) is 11.5 Å². The molecule has 3 heteroatoms. The number of nitrogens with one attached hydrogen (secondary N) is 1. The molecule has 0 bridgehead atoms. The molecule has 0 aliphatic rings. The summed E-state index contributed by atoms with van der Waals surface area (Å²) in [6.45, 7) is 4.46. The normalized spacial score (nSPS) is 10.2. The van der Waals surface area contributed by atoms with Gasteiger partial charge in [0.2, 0.25) is 0 Å². The second kappa shape index (κ2) is 3.58. The third kappa shape index (κ3) is 1.55. The number of pyridine rings is 1. The zero-order valence-electron chi connectivity index (χ0n) is 7.16. The molecule has 0 saturated heterocycles. The maximum atomic E-state index is 4.26. The Labute approximate surface area is 80.9 Å². The highest BCUT2D eigenvalue weighted by molar-refractivity contribution is 7.17. The minimum Gasteiger partial charge on any atom is -0.380 e. The summed E-state index contributed by atoms with van der Waals surface area (Å²) in [5, 5.41) is 6.54. The zero-order chi connectivity index (χ0) is 9.10. The smallest absolute Gasteiger partial charge is 0.125 e. The first-order valence-corrected chi connectivity index (χ1v) is 4.97. The van der Waals surface area contributed by atoms with Gasteiger partial charge in [-0.3, -0.25) is 0 Å². The average Bonchev–Trinajstić information content (AvgIpc) is 2.58. The molecule has 1 N–H and O–H groups in total. The fourth-order valence-electron chi connectivity index (χ4n) is 1.19. The van der Waals surface area contributed by atoms with Gasteiger partial charge in [0.25, 0.3) is 0 Å². The Morgan fingerprint density at radius 2 is 2.54 bits per heavy atom. The molecule has 0 radical (unpaired) electrons. The van der Waals surface area contributed by atoms with Crippen LogP contribution in [-0.2, 0) is 0 Å². The number of aromatic nitrogens is 1. The summed E-state index contributed by atoms with van der Waals surface area (Å²) in [5.74, 6) is 0. The molecule has 2 aromatic rings. The van der Waals surface area contributed by atoms with Crippen LogP contribution in [0.3, 0.4) is 0 Å². The predicted molar refractivity (Wildman–Crippen MR) is 58.3 cm³/mol. The number of nitrogens with zero attached hydrogens (tertiary/aromatic N) is 1. The van der Waals surface area contributed by atoms with Gasteiger partial charge in [0.15, 0.2) is 0 Å². The molecule has 13 heavy (non-hydrogen) atoms. The molecule has 0 unspecified atom stereocenters. The van der Waals surface area contributed by atoms with Crippen LogP contribution in [0, 0.1) is 0 Å². The summed E-state index contributed by atoms with van der Waals surface area (Å²) in [5.41, 5.74) is 1.15. The molecule has 2 heterocycles. The Kier molecular flexibility index (Phi) is 2.27. The van der Waals surface area contributed by atoms with E-state index in [9.17, 15) is 0 Å². The van der Waals surface area contributed by atoms with Crippen molar-refractivity contribution in [1.29, 1.82) is 0 Å². The van der Waals surface area contributed by atoms with E-state index in [4.69, 9.17) is 0 Å². The largest absolute Gasteiger partial charge is 0.380 e. The molecule has 0 amide bonds. The molecule has 0 saturated carbocycles. The van der Waals surface area contributed by atoms with Gasteiger partial charge in [-0.2, -0.15) is 0 Å². The van der Waals surface area contributed by atoms with Gasteiger partial charge in [0, 0.05) is 23.5 Å². The van der Waals surface area contributed by atoms with Gasteiger partial charge in [0.05, 0.1) is 5.69 Å². The minimum atomic E-state index is 0.792. The standard InChI is InChI=1S/C10H10N2S/c1-2-5-11-9-7-13-10-8(9)4-3-6-12-10/h2-4,6-7,11H,1,5H2. The second-order valence-electron chi connectivity index (χ2n) is 2.68. The Balaban J connectivity index is 2.40. The molecule has 0 aliphatic carbocycles. The van der Waals surface area contributed by atoms with Gasteiger partial charge in [-0.25, -0.2) is 4.98 Å². The van der Waals surface area contributed by atoms with E-state index in [0.717, 1.165) is 17.1 Å². The molecule has 0 spiro atoms. The van der Waals surface area contributed by atoms with Crippen LogP contribution in [0.25, 0.3) is 10.2 Å². The summed E-state index contributed by atoms with van der Waals surface area (Å²) in [4.78, 5) is 5.34. The van der Waals surface area contributed by atoms with Crippen molar-refractivity contribution < 1.29 is 0 Å². The number of hydrogen-bond donors (Lipinski definition) is 1. The Morgan fingerprint density at radius 3 is 3.38 bits per heavy atom. The molecule has 2 nitrogen and oxygen atoms in total. The molecule has 0 atom stereocenters. The average molecular weight is 190 g/mol. The first kappa shape index (κ1) is 8.26. The highest BCUT2D eigenvalue weighted by Crippen LogP contribution is 2.27. The van der Waals surface area contributed by atoms with Crippen LogP contribution >= 0.6 is 11.3 Å². The van der Waals surface area contributed by atoms with Crippen LogP contribution < -0.4 is 5.32 Å². The lowest BCUT2D eigenvalue weighted by atomic mass is 10.3. The van der Waals surface area contributed by atoms with Gasteiger partial charge in [-0.15, -0.1) is 17.9 Å². The van der Waals surface area contributed by atoms with E-state index < -0.39 is 0 Å². The summed E-state index contributed by atoms with van der Waals surface area (Å²) in [6.07, 6.45) is 3.66. The van der Waals surface area contributed by atoms with E-state index in [1.807, 2.05) is 18.3 Å². The maximum Gasteiger partial charge on any atom is 0.125 e. The van der Waals surface area contributed by atoms with E-state index in [0.29, 0.717) is 0 Å². The van der Waals surface area contributed by atoms with E-state index >= 15 is 0 Å². The van der Waals surface area contributed by atoms with Gasteiger partial charge in [-0.05, 0) is 12.1 Å². The van der Waals surface area contributed by atoms with Crippen LogP contribution in [0.5, 0.6) is 0 Å². The first-order chi connectivity index (χ1) is 6.42. The number of thiophene rings is 1. The summed E-state index contributed by atoms with van der Waals surface area (Å²) < 4.78 is 0. The molecule has 0 aromatic carbocycles. The highest BCUT2D eigenvalue weighted by Gasteiger charge is 2.01. The highest BCUT2D eigenvalue weighted by atomic mass is 32.1. The van der Waals surface area contributed by atoms with Crippen molar-refractivity contribution in [1.82, 2.24) is 4.98 Å². The van der Waals surface area contributed by atoms with Crippen LogP contribution in [0.4, 0.5) is 5.69 Å². The lowest BCUT2D eigenvalue weighted by Crippen LogP contribution is -1.95. The van der Waals surface area contributed by atoms with Gasteiger partial charge in [0.1, 0.15) is 4.83 Å². The predicted octanol–water partition coefficient (Wildman–Crippen LogP) is 2.89. The summed E-state index contributed by atoms with van der Waals surface area (Å²) in [7, 11) is 0. The Morgan fingerprint density at radius 1 is 1.62 bits per heavy atom. The Bertz CT molecular complexity index is 420. The van der Waals surface area contributed by atoms with Crippen molar-refractivity contribution in [2.24, 2.45) is 0 Å². The fraction of sp³-hybridized carbons (Fsp3) is 0.100. The Hall–Kier alpha value is -1.35. The summed E-state index contributed by atoms with van der Waals surface area (Å²) >= 11 is 1.66. The van der Waals surface area contributed by atoms with Gasteiger partial charge in [-0.1, -0.05) is 6.08 Å². The van der Waals surface area contributed by atoms with Crippen molar-refractivity contribution in [3.8, 4) is 0 Å². The molecule has 2 rings (SSSR count). The monoisotopic (exact) mass is 190 g/mol. The number of rotatable bonds is 3. The molecule has 66 valence electrons. The van der Waals surface area contributed by atoms with Crippen LogP contribution in [0.15, 0.2) is 36.4 Å². The SMILES string of the molecule is C=CCNc1csc2ncccc12. The third-order valence-electron chi connectivity index (χ3n) is 1.79. The van der Waals surface area contributed by atoms with E-state index in [2.05, 4.69) is 28.3 Å². The number of anilines is 1. The van der Waals surface area contributed by atoms with Crippen molar-refractivity contribution in [2.45, 2.75) is 0 Å². The molecular weight excluding hydrogens is 180 g/mol. The third-order valence-corrected chi connectivity index (χ3v) is 2.69. The van der Waals surface area contributed by atoms with Crippen molar-refractivity contribution in [3.63, 3.8) is 0 Å². The van der Waals surface area contributed by atoms with Crippen LogP contribution in [0.1, 0.15) is 0 Å². The topological polar surface area (TPSA) is 24.9 Å². The molecule has 2 aromatic heterocycles. The zero-order valence-corrected chi connectivity index (χ0v) is 7.97. The maximum absolute atomic E-state index is 4.26.